The van der Waals surface area contributed by atoms with E-state index in [1.165, 1.54) is 0 Å². The van der Waals surface area contributed by atoms with Crippen LogP contribution in [0.5, 0.6) is 0 Å². The molecule has 2 N–H and O–H groups in total. The van der Waals surface area contributed by atoms with Crippen LogP contribution in [0.4, 0.5) is 5.69 Å². The monoisotopic (exact) mass is 323 g/mol. The second-order valence-electron chi connectivity index (χ2n) is 6.26. The van der Waals surface area contributed by atoms with Gasteiger partial charge in [-0.3, -0.25) is 9.78 Å². The van der Waals surface area contributed by atoms with Crippen molar-refractivity contribution in [2.75, 3.05) is 19.4 Å². The molecule has 3 aromatic rings. The molecule has 0 aliphatic carbocycles. The predicted octanol–water partition coefficient (Wildman–Crippen LogP) is 2.89. The summed E-state index contributed by atoms with van der Waals surface area (Å²) in [6, 6.07) is 5.69. The molecule has 1 amide bonds. The Bertz CT molecular complexity index is 877. The lowest BCUT2D eigenvalue weighted by atomic mass is 10.1. The number of hydrogen-bond acceptors (Lipinski definition) is 4. The number of imidazole rings is 1. The number of amides is 1. The fourth-order valence-electron chi connectivity index (χ4n) is 2.77. The third kappa shape index (κ3) is 3.28. The minimum atomic E-state index is -0.125. The topological polar surface area (TPSA) is 73.9 Å². The molecule has 0 saturated heterocycles. The number of aryl methyl sites for hydroxylation is 2. The average Bonchev–Trinajstić information content (AvgIpc) is 2.87. The largest absolute Gasteiger partial charge is 0.341 e. The second-order valence-corrected chi connectivity index (χ2v) is 6.26. The number of hydrogen-bond donors (Lipinski definition) is 2. The lowest BCUT2D eigenvalue weighted by molar-refractivity contribution is 0.102. The molecule has 0 fully saturated rings. The third-order valence-electron chi connectivity index (χ3n) is 3.81. The highest BCUT2D eigenvalue weighted by molar-refractivity contribution is 6.06. The average molecular weight is 323 g/mol. The Morgan fingerprint density at radius 2 is 1.92 bits per heavy atom. The first-order valence-corrected chi connectivity index (χ1v) is 7.80. The number of aromatic nitrogens is 3. The van der Waals surface area contributed by atoms with Crippen LogP contribution in [0.2, 0.25) is 0 Å². The summed E-state index contributed by atoms with van der Waals surface area (Å²) in [6.45, 7) is 4.52. The van der Waals surface area contributed by atoms with Gasteiger partial charge in [0.1, 0.15) is 5.82 Å². The van der Waals surface area contributed by atoms with Gasteiger partial charge in [-0.05, 0) is 57.3 Å². The Morgan fingerprint density at radius 1 is 1.21 bits per heavy atom. The molecular weight excluding hydrogens is 302 g/mol. The second kappa shape index (κ2) is 6.41. The molecule has 1 aromatic carbocycles. The molecular formula is C18H21N5O. The summed E-state index contributed by atoms with van der Waals surface area (Å²) < 4.78 is 0. The van der Waals surface area contributed by atoms with Crippen LogP contribution >= 0.6 is 0 Å². The van der Waals surface area contributed by atoms with Crippen molar-refractivity contribution < 1.29 is 4.79 Å². The standard InChI is InChI=1S/C18H21N5O/c1-11-8-19-9-12(2)17(11)18(24)20-13-5-6-14-15(7-13)22-16(21-14)10-23(3)4/h5-9H,10H2,1-4H3,(H,20,24)(H,21,22). The number of H-pyrrole nitrogens is 1. The number of anilines is 1. The first kappa shape index (κ1) is 16.1. The van der Waals surface area contributed by atoms with Crippen LogP contribution in [0.1, 0.15) is 27.3 Å². The smallest absolute Gasteiger partial charge is 0.256 e. The number of pyridine rings is 1. The maximum atomic E-state index is 12.6. The van der Waals surface area contributed by atoms with Gasteiger partial charge in [0, 0.05) is 23.6 Å². The van der Waals surface area contributed by atoms with Crippen LogP contribution in [0.3, 0.4) is 0 Å². The highest BCUT2D eigenvalue weighted by Crippen LogP contribution is 2.20. The van der Waals surface area contributed by atoms with E-state index in [1.54, 1.807) is 12.4 Å². The molecule has 0 radical (unpaired) electrons. The number of benzene rings is 1. The summed E-state index contributed by atoms with van der Waals surface area (Å²) in [6.07, 6.45) is 3.40. The van der Waals surface area contributed by atoms with E-state index in [0.29, 0.717) is 5.56 Å². The van der Waals surface area contributed by atoms with Gasteiger partial charge >= 0.3 is 0 Å². The molecule has 0 unspecified atom stereocenters. The number of carbonyl (C=O) groups excluding carboxylic acids is 1. The van der Waals surface area contributed by atoms with Crippen molar-refractivity contribution >= 4 is 22.6 Å². The van der Waals surface area contributed by atoms with Crippen molar-refractivity contribution in [1.82, 2.24) is 19.9 Å². The van der Waals surface area contributed by atoms with E-state index in [-0.39, 0.29) is 5.91 Å². The van der Waals surface area contributed by atoms with Crippen molar-refractivity contribution in [2.45, 2.75) is 20.4 Å². The van der Waals surface area contributed by atoms with Crippen LogP contribution in [-0.2, 0) is 6.54 Å². The molecule has 0 aliphatic heterocycles. The normalized spacial score (nSPS) is 11.2. The summed E-state index contributed by atoms with van der Waals surface area (Å²) in [5.74, 6) is 0.777. The number of nitrogens with one attached hydrogen (secondary N) is 2. The zero-order valence-electron chi connectivity index (χ0n) is 14.3. The van der Waals surface area contributed by atoms with Crippen LogP contribution < -0.4 is 5.32 Å². The van der Waals surface area contributed by atoms with Crippen LogP contribution in [0.25, 0.3) is 11.0 Å². The summed E-state index contributed by atoms with van der Waals surface area (Å²) in [7, 11) is 4.00. The van der Waals surface area contributed by atoms with E-state index < -0.39 is 0 Å². The van der Waals surface area contributed by atoms with Gasteiger partial charge in [-0.25, -0.2) is 4.98 Å². The van der Waals surface area contributed by atoms with E-state index in [1.807, 2.05) is 46.1 Å². The van der Waals surface area contributed by atoms with E-state index in [9.17, 15) is 4.79 Å². The fourth-order valence-corrected chi connectivity index (χ4v) is 2.77. The molecule has 2 aromatic heterocycles. The first-order chi connectivity index (χ1) is 11.4. The number of nitrogens with zero attached hydrogens (tertiary/aromatic N) is 3. The minimum Gasteiger partial charge on any atom is -0.341 e. The van der Waals surface area contributed by atoms with Gasteiger partial charge in [-0.1, -0.05) is 0 Å². The van der Waals surface area contributed by atoms with Crippen molar-refractivity contribution in [3.05, 3.63) is 53.1 Å². The minimum absolute atomic E-state index is 0.125. The maximum absolute atomic E-state index is 12.6. The zero-order valence-corrected chi connectivity index (χ0v) is 14.3. The van der Waals surface area contributed by atoms with Gasteiger partial charge in [0.05, 0.1) is 17.6 Å². The third-order valence-corrected chi connectivity index (χ3v) is 3.81. The van der Waals surface area contributed by atoms with E-state index in [0.717, 1.165) is 40.2 Å². The molecule has 0 saturated carbocycles. The number of fused-ring (bicyclic) bond motifs is 1. The molecule has 6 nitrogen and oxygen atoms in total. The molecule has 0 aliphatic rings. The molecule has 2 heterocycles. The molecule has 0 spiro atoms. The molecule has 3 rings (SSSR count). The van der Waals surface area contributed by atoms with Crippen molar-refractivity contribution in [2.24, 2.45) is 0 Å². The zero-order chi connectivity index (χ0) is 17.3. The van der Waals surface area contributed by atoms with Crippen LogP contribution in [0.15, 0.2) is 30.6 Å². The van der Waals surface area contributed by atoms with E-state index in [4.69, 9.17) is 0 Å². The van der Waals surface area contributed by atoms with E-state index >= 15 is 0 Å². The lowest BCUT2D eigenvalue weighted by Crippen LogP contribution is -2.15. The predicted molar refractivity (Wildman–Crippen MR) is 95.1 cm³/mol. The maximum Gasteiger partial charge on any atom is 0.256 e. The van der Waals surface area contributed by atoms with Crippen molar-refractivity contribution in [1.29, 1.82) is 0 Å². The van der Waals surface area contributed by atoms with E-state index in [2.05, 4.69) is 25.2 Å². The molecule has 0 bridgehead atoms. The van der Waals surface area contributed by atoms with Crippen LogP contribution in [-0.4, -0.2) is 39.9 Å². The van der Waals surface area contributed by atoms with Crippen molar-refractivity contribution in [3.63, 3.8) is 0 Å². The highest BCUT2D eigenvalue weighted by atomic mass is 16.1. The van der Waals surface area contributed by atoms with Gasteiger partial charge in [-0.2, -0.15) is 0 Å². The van der Waals surface area contributed by atoms with Crippen molar-refractivity contribution in [3.8, 4) is 0 Å². The molecule has 124 valence electrons. The molecule has 0 atom stereocenters. The Labute approximate surface area is 140 Å². The summed E-state index contributed by atoms with van der Waals surface area (Å²) in [5.41, 5.74) is 4.94. The SMILES string of the molecule is Cc1cncc(C)c1C(=O)Nc1ccc2nc(CN(C)C)[nH]c2c1. The summed E-state index contributed by atoms with van der Waals surface area (Å²) >= 11 is 0. The van der Waals surface area contributed by atoms with Gasteiger partial charge in [0.25, 0.3) is 5.91 Å². The van der Waals surface area contributed by atoms with Gasteiger partial charge in [0.15, 0.2) is 0 Å². The number of rotatable bonds is 4. The number of aromatic amines is 1. The lowest BCUT2D eigenvalue weighted by Gasteiger charge is -2.09. The fraction of sp³-hybridized carbons (Fsp3) is 0.278. The Hall–Kier alpha value is -2.73. The molecule has 24 heavy (non-hydrogen) atoms. The van der Waals surface area contributed by atoms with Gasteiger partial charge < -0.3 is 15.2 Å². The van der Waals surface area contributed by atoms with Gasteiger partial charge in [-0.15, -0.1) is 0 Å². The van der Waals surface area contributed by atoms with Crippen LogP contribution in [0, 0.1) is 13.8 Å². The number of carbonyl (C=O) groups is 1. The Morgan fingerprint density at radius 3 is 2.58 bits per heavy atom. The van der Waals surface area contributed by atoms with Gasteiger partial charge in [0.2, 0.25) is 0 Å². The molecule has 6 heteroatoms. The quantitative estimate of drug-likeness (QED) is 0.774. The summed E-state index contributed by atoms with van der Waals surface area (Å²) in [4.78, 5) is 26.6. The summed E-state index contributed by atoms with van der Waals surface area (Å²) in [5, 5.41) is 2.96. The first-order valence-electron chi connectivity index (χ1n) is 7.80. The Balaban J connectivity index is 1.86. The Kier molecular flexibility index (Phi) is 4.31. The highest BCUT2D eigenvalue weighted by Gasteiger charge is 2.13.